The van der Waals surface area contributed by atoms with Crippen LogP contribution in [0.5, 0.6) is 0 Å². The number of ether oxygens (including phenoxy) is 1. The predicted octanol–water partition coefficient (Wildman–Crippen LogP) is 1.74. The second kappa shape index (κ2) is 7.35. The highest BCUT2D eigenvalue weighted by atomic mass is 16.5. The third kappa shape index (κ3) is 4.20. The van der Waals surface area contributed by atoms with Gasteiger partial charge in [-0.15, -0.1) is 6.42 Å². The van der Waals surface area contributed by atoms with Crippen molar-refractivity contribution < 1.29 is 9.53 Å². The van der Waals surface area contributed by atoms with Gasteiger partial charge in [-0.25, -0.2) is 4.79 Å². The summed E-state index contributed by atoms with van der Waals surface area (Å²) in [6.45, 7) is 5.81. The summed E-state index contributed by atoms with van der Waals surface area (Å²) < 4.78 is 4.74. The van der Waals surface area contributed by atoms with Gasteiger partial charge in [-0.3, -0.25) is 0 Å². The maximum absolute atomic E-state index is 11.4. The summed E-state index contributed by atoms with van der Waals surface area (Å²) in [5.74, 6) is 2.01. The lowest BCUT2D eigenvalue weighted by molar-refractivity contribution is -0.138. The highest BCUT2D eigenvalue weighted by Gasteiger charge is 2.22. The largest absolute Gasteiger partial charge is 0.462 e. The van der Waals surface area contributed by atoms with E-state index >= 15 is 0 Å². The third-order valence-electron chi connectivity index (χ3n) is 2.59. The van der Waals surface area contributed by atoms with Crippen molar-refractivity contribution in [3.8, 4) is 18.4 Å². The molecule has 0 saturated heterocycles. The summed E-state index contributed by atoms with van der Waals surface area (Å²) >= 11 is 0. The monoisotopic (exact) mass is 234 g/mol. The Labute approximate surface area is 103 Å². The molecule has 0 rings (SSSR count). The maximum atomic E-state index is 11.4. The third-order valence-corrected chi connectivity index (χ3v) is 2.59. The van der Waals surface area contributed by atoms with Gasteiger partial charge < -0.3 is 10.1 Å². The molecule has 0 aromatic rings. The van der Waals surface area contributed by atoms with Gasteiger partial charge in [-0.1, -0.05) is 19.8 Å². The quantitative estimate of drug-likeness (QED) is 0.329. The molecule has 0 amide bonds. The molecule has 4 nitrogen and oxygen atoms in total. The lowest BCUT2D eigenvalue weighted by Gasteiger charge is -2.26. The number of hydrogen-bond donors (Lipinski definition) is 1. The fraction of sp³-hybridized carbons (Fsp3) is 0.538. The molecule has 0 heterocycles. The van der Waals surface area contributed by atoms with Crippen molar-refractivity contribution in [2.75, 3.05) is 6.61 Å². The number of esters is 1. The van der Waals surface area contributed by atoms with E-state index in [0.717, 1.165) is 0 Å². The second-order valence-electron chi connectivity index (χ2n) is 3.47. The van der Waals surface area contributed by atoms with Gasteiger partial charge in [-0.2, -0.15) is 5.26 Å². The zero-order chi connectivity index (χ0) is 13.3. The van der Waals surface area contributed by atoms with Crippen LogP contribution in [0, 0.1) is 23.7 Å². The van der Waals surface area contributed by atoms with Crippen LogP contribution < -0.4 is 5.32 Å². The molecule has 92 valence electrons. The Morgan fingerprint density at radius 2 is 2.06 bits per heavy atom. The molecule has 0 radical (unpaired) electrons. The molecule has 0 aromatic heterocycles. The van der Waals surface area contributed by atoms with E-state index in [4.69, 9.17) is 16.4 Å². The summed E-state index contributed by atoms with van der Waals surface area (Å²) in [6.07, 6.45) is 8.20. The molecular weight excluding hydrogens is 216 g/mol. The van der Waals surface area contributed by atoms with Crippen LogP contribution in [0.4, 0.5) is 0 Å². The van der Waals surface area contributed by atoms with Crippen molar-refractivity contribution in [1.82, 2.24) is 5.32 Å². The van der Waals surface area contributed by atoms with Crippen molar-refractivity contribution >= 4 is 5.97 Å². The Balaban J connectivity index is 4.85. The molecule has 4 heteroatoms. The summed E-state index contributed by atoms with van der Waals surface area (Å²) in [5.41, 5.74) is -0.595. The van der Waals surface area contributed by atoms with Crippen LogP contribution in [0.15, 0.2) is 11.8 Å². The Bertz CT molecular complexity index is 368. The predicted molar refractivity (Wildman–Crippen MR) is 65.6 cm³/mol. The van der Waals surface area contributed by atoms with Gasteiger partial charge in [0.15, 0.2) is 5.57 Å². The van der Waals surface area contributed by atoms with Crippen molar-refractivity contribution in [1.29, 1.82) is 5.26 Å². The van der Waals surface area contributed by atoms with Crippen molar-refractivity contribution in [2.24, 2.45) is 0 Å². The lowest BCUT2D eigenvalue weighted by atomic mass is 9.94. The highest BCUT2D eigenvalue weighted by molar-refractivity contribution is 5.92. The Hall–Kier alpha value is -1.94. The van der Waals surface area contributed by atoms with Gasteiger partial charge in [-0.05, 0) is 19.8 Å². The van der Waals surface area contributed by atoms with E-state index in [-0.39, 0.29) is 12.2 Å². The Morgan fingerprint density at radius 1 is 1.47 bits per heavy atom. The molecule has 1 N–H and O–H groups in total. The number of nitrogens with one attached hydrogen (secondary N) is 1. The van der Waals surface area contributed by atoms with Crippen LogP contribution in [0.1, 0.15) is 33.6 Å². The minimum Gasteiger partial charge on any atom is -0.462 e. The molecule has 0 spiro atoms. The Morgan fingerprint density at radius 3 is 2.41 bits per heavy atom. The number of nitriles is 1. The fourth-order valence-electron chi connectivity index (χ4n) is 1.26. The number of carbonyl (C=O) groups excluding carboxylic acids is 1. The van der Waals surface area contributed by atoms with Crippen LogP contribution in [0.3, 0.4) is 0 Å². The molecule has 0 aliphatic rings. The number of terminal acetylenes is 1. The standard InChI is InChI=1S/C13H18N2O2/c1-5-13(6-2,7-3)15-10-11(9-14)12(16)17-8-4/h1,10,15H,6-8H2,2-4H3/b11-10+. The molecule has 0 aliphatic heterocycles. The van der Waals surface area contributed by atoms with E-state index in [9.17, 15) is 4.79 Å². The first-order valence-electron chi connectivity index (χ1n) is 5.61. The molecule has 0 bridgehead atoms. The van der Waals surface area contributed by atoms with E-state index < -0.39 is 11.5 Å². The molecule has 0 saturated carbocycles. The summed E-state index contributed by atoms with van der Waals surface area (Å²) in [7, 11) is 0. The van der Waals surface area contributed by atoms with Crippen molar-refractivity contribution in [3.05, 3.63) is 11.8 Å². The van der Waals surface area contributed by atoms with Gasteiger partial charge in [0.25, 0.3) is 0 Å². The average molecular weight is 234 g/mol. The molecule has 0 aromatic carbocycles. The Kier molecular flexibility index (Phi) is 6.51. The molecule has 0 fully saturated rings. The summed E-state index contributed by atoms with van der Waals surface area (Å²) in [6, 6.07) is 1.79. The van der Waals surface area contributed by atoms with Gasteiger partial charge >= 0.3 is 5.97 Å². The first-order chi connectivity index (χ1) is 8.09. The van der Waals surface area contributed by atoms with E-state index in [1.165, 1.54) is 6.20 Å². The van der Waals surface area contributed by atoms with Crippen molar-refractivity contribution in [2.45, 2.75) is 39.2 Å². The minimum absolute atomic E-state index is 0.0756. The van der Waals surface area contributed by atoms with E-state index in [2.05, 4.69) is 11.2 Å². The number of nitrogens with zero attached hydrogens (tertiary/aromatic N) is 1. The van der Waals surface area contributed by atoms with E-state index in [1.807, 2.05) is 13.8 Å². The van der Waals surface area contributed by atoms with Crippen LogP contribution in [-0.2, 0) is 9.53 Å². The van der Waals surface area contributed by atoms with Crippen molar-refractivity contribution in [3.63, 3.8) is 0 Å². The SMILES string of the molecule is C#CC(CC)(CC)N/C=C(\C#N)C(=O)OCC. The van der Waals surface area contributed by atoms with Gasteiger partial charge in [0.2, 0.25) is 0 Å². The molecular formula is C13H18N2O2. The highest BCUT2D eigenvalue weighted by Crippen LogP contribution is 2.14. The van der Waals surface area contributed by atoms with Gasteiger partial charge in [0.1, 0.15) is 6.07 Å². The summed E-state index contributed by atoms with van der Waals surface area (Å²) in [4.78, 5) is 11.4. The normalized spacial score (nSPS) is 11.2. The smallest absolute Gasteiger partial charge is 0.350 e. The van der Waals surface area contributed by atoms with Gasteiger partial charge in [0.05, 0.1) is 12.1 Å². The topological polar surface area (TPSA) is 62.1 Å². The zero-order valence-corrected chi connectivity index (χ0v) is 10.5. The fourth-order valence-corrected chi connectivity index (χ4v) is 1.26. The number of carbonyl (C=O) groups is 1. The van der Waals surface area contributed by atoms with E-state index in [0.29, 0.717) is 12.8 Å². The van der Waals surface area contributed by atoms with Crippen LogP contribution in [0.25, 0.3) is 0 Å². The van der Waals surface area contributed by atoms with Crippen LogP contribution in [0.2, 0.25) is 0 Å². The molecule has 0 unspecified atom stereocenters. The molecule has 17 heavy (non-hydrogen) atoms. The van der Waals surface area contributed by atoms with E-state index in [1.54, 1.807) is 13.0 Å². The first-order valence-corrected chi connectivity index (χ1v) is 5.61. The lowest BCUT2D eigenvalue weighted by Crippen LogP contribution is -2.39. The number of hydrogen-bond acceptors (Lipinski definition) is 4. The van der Waals surface area contributed by atoms with Gasteiger partial charge in [0, 0.05) is 6.20 Å². The molecule has 0 aliphatic carbocycles. The van der Waals surface area contributed by atoms with Crippen LogP contribution in [-0.4, -0.2) is 18.1 Å². The second-order valence-corrected chi connectivity index (χ2v) is 3.47. The van der Waals surface area contributed by atoms with Crippen LogP contribution >= 0.6 is 0 Å². The average Bonchev–Trinajstić information content (AvgIpc) is 2.36. The summed E-state index contributed by atoms with van der Waals surface area (Å²) in [5, 5.41) is 11.8. The minimum atomic E-state index is -0.638. The molecule has 0 atom stereocenters. The zero-order valence-electron chi connectivity index (χ0n) is 10.5. The first kappa shape index (κ1) is 15.1. The number of rotatable bonds is 6. The maximum Gasteiger partial charge on any atom is 0.350 e.